The molecule has 0 bridgehead atoms. The van der Waals surface area contributed by atoms with Crippen LogP contribution in [0.5, 0.6) is 0 Å². The third-order valence-corrected chi connectivity index (χ3v) is 12.0. The van der Waals surface area contributed by atoms with E-state index in [1.54, 1.807) is 15.8 Å². The number of piperidine rings is 1. The number of hydrogen-bond donors (Lipinski definition) is 0. The standard InChI is InChI=1S/C38H38N8O3S/c1-42-24-27(21-40-42)35-32(26-11-5-3-6-12-26)33-34-30(23-39-36(33)46(35)50(48)29-13-7-4-8-14-29)43(2)37(47)38(34)16-18-44(19-17-38)28-22-41-45(25-28)31-15-9-10-20-49-31/h3-8,11-14,21-25,31H,9-10,15-20H2,1-2H3. The molecule has 11 nitrogen and oxygen atoms in total. The van der Waals surface area contributed by atoms with Gasteiger partial charge in [0.1, 0.15) is 23.3 Å². The Morgan fingerprint density at radius 3 is 2.36 bits per heavy atom. The molecular formula is C38H38N8O3S. The van der Waals surface area contributed by atoms with Crippen LogP contribution in [0, 0.1) is 0 Å². The predicted octanol–water partition coefficient (Wildman–Crippen LogP) is 6.08. The highest BCUT2D eigenvalue weighted by Gasteiger charge is 2.53. The second-order valence-electron chi connectivity index (χ2n) is 13.5. The van der Waals surface area contributed by atoms with E-state index in [2.05, 4.69) is 33.4 Å². The number of rotatable bonds is 6. The van der Waals surface area contributed by atoms with Crippen molar-refractivity contribution in [2.75, 3.05) is 36.5 Å². The van der Waals surface area contributed by atoms with Gasteiger partial charge in [-0.1, -0.05) is 48.5 Å². The molecule has 9 rings (SSSR count). The predicted molar refractivity (Wildman–Crippen MR) is 193 cm³/mol. The molecule has 7 heterocycles. The van der Waals surface area contributed by atoms with E-state index in [0.717, 1.165) is 70.6 Å². The van der Waals surface area contributed by atoms with Gasteiger partial charge in [0.05, 0.1) is 41.6 Å². The molecule has 3 aliphatic heterocycles. The third kappa shape index (κ3) is 4.80. The molecule has 1 amide bonds. The van der Waals surface area contributed by atoms with Crippen LogP contribution in [-0.2, 0) is 33.4 Å². The van der Waals surface area contributed by atoms with Crippen molar-refractivity contribution in [2.24, 2.45) is 7.05 Å². The lowest BCUT2D eigenvalue weighted by Crippen LogP contribution is -2.48. The van der Waals surface area contributed by atoms with Crippen LogP contribution in [0.2, 0.25) is 0 Å². The zero-order valence-corrected chi connectivity index (χ0v) is 28.9. The first-order valence-corrected chi connectivity index (χ1v) is 18.3. The molecule has 0 saturated carbocycles. The van der Waals surface area contributed by atoms with Crippen LogP contribution >= 0.6 is 0 Å². The second kappa shape index (κ2) is 12.1. The Hall–Kier alpha value is -4.91. The van der Waals surface area contributed by atoms with Gasteiger partial charge >= 0.3 is 0 Å². The summed E-state index contributed by atoms with van der Waals surface area (Å²) in [7, 11) is 3.73. The molecule has 254 valence electrons. The van der Waals surface area contributed by atoms with Crippen molar-refractivity contribution in [2.45, 2.75) is 48.6 Å². The number of aromatic nitrogens is 6. The molecule has 2 saturated heterocycles. The fraction of sp³-hybridized carbons (Fsp3) is 0.316. The number of likely N-dealkylation sites (N-methyl/N-ethyl adjacent to an activating group) is 1. The van der Waals surface area contributed by atoms with E-state index >= 15 is 0 Å². The van der Waals surface area contributed by atoms with Gasteiger partial charge < -0.3 is 19.1 Å². The van der Waals surface area contributed by atoms with Crippen LogP contribution in [0.15, 0.2) is 96.5 Å². The Morgan fingerprint density at radius 1 is 0.900 bits per heavy atom. The number of ether oxygens (including phenoxy) is 1. The molecule has 2 aromatic carbocycles. The second-order valence-corrected chi connectivity index (χ2v) is 14.8. The minimum atomic E-state index is -1.65. The molecule has 4 aromatic heterocycles. The monoisotopic (exact) mass is 686 g/mol. The van der Waals surface area contributed by atoms with Gasteiger partial charge in [0.15, 0.2) is 10.5 Å². The number of benzene rings is 2. The van der Waals surface area contributed by atoms with E-state index in [4.69, 9.17) is 9.72 Å². The number of anilines is 2. The lowest BCUT2D eigenvalue weighted by atomic mass is 9.72. The number of amides is 1. The van der Waals surface area contributed by atoms with Crippen LogP contribution in [0.4, 0.5) is 11.4 Å². The molecule has 2 atom stereocenters. The number of pyridine rings is 1. The number of aryl methyl sites for hydroxylation is 1. The maximum absolute atomic E-state index is 14.7. The Bertz CT molecular complexity index is 2200. The highest BCUT2D eigenvalue weighted by atomic mass is 32.2. The van der Waals surface area contributed by atoms with Gasteiger partial charge in [-0.25, -0.2) is 9.67 Å². The summed E-state index contributed by atoms with van der Waals surface area (Å²) in [4.78, 5) is 24.4. The summed E-state index contributed by atoms with van der Waals surface area (Å²) >= 11 is -1.65. The summed E-state index contributed by atoms with van der Waals surface area (Å²) in [6.07, 6.45) is 14.0. The van der Waals surface area contributed by atoms with Crippen LogP contribution in [0.3, 0.4) is 0 Å². The third-order valence-electron chi connectivity index (χ3n) is 10.6. The first-order chi connectivity index (χ1) is 24.4. The number of carbonyl (C=O) groups excluding carboxylic acids is 1. The smallest absolute Gasteiger partial charge is 0.237 e. The largest absolute Gasteiger partial charge is 0.587 e. The summed E-state index contributed by atoms with van der Waals surface area (Å²) in [6, 6.07) is 19.6. The Balaban J connectivity index is 1.23. The van der Waals surface area contributed by atoms with E-state index in [1.165, 1.54) is 0 Å². The maximum Gasteiger partial charge on any atom is 0.237 e. The summed E-state index contributed by atoms with van der Waals surface area (Å²) in [5, 5.41) is 10.1. The van der Waals surface area contributed by atoms with Crippen LogP contribution in [0.1, 0.15) is 43.9 Å². The van der Waals surface area contributed by atoms with E-state index in [1.807, 2.05) is 89.9 Å². The van der Waals surface area contributed by atoms with Crippen molar-refractivity contribution in [3.63, 3.8) is 0 Å². The molecular weight excluding hydrogens is 649 g/mol. The fourth-order valence-corrected chi connectivity index (χ4v) is 9.43. The van der Waals surface area contributed by atoms with Crippen molar-refractivity contribution < 1.29 is 14.1 Å². The van der Waals surface area contributed by atoms with E-state index in [-0.39, 0.29) is 12.1 Å². The van der Waals surface area contributed by atoms with Crippen LogP contribution < -0.4 is 9.80 Å². The highest BCUT2D eigenvalue weighted by molar-refractivity contribution is 7.90. The minimum absolute atomic E-state index is 0.0257. The Kier molecular flexibility index (Phi) is 7.56. The maximum atomic E-state index is 14.7. The summed E-state index contributed by atoms with van der Waals surface area (Å²) in [5.41, 5.74) is 6.06. The van der Waals surface area contributed by atoms with Crippen LogP contribution in [-0.4, -0.2) is 65.7 Å². The number of hydrogen-bond acceptors (Lipinski definition) is 7. The van der Waals surface area contributed by atoms with Crippen LogP contribution in [0.25, 0.3) is 33.4 Å². The van der Waals surface area contributed by atoms with Crippen molar-refractivity contribution >= 4 is 39.7 Å². The molecule has 3 aliphatic rings. The summed E-state index contributed by atoms with van der Waals surface area (Å²) in [6.45, 7) is 2.14. The fourth-order valence-electron chi connectivity index (χ4n) is 8.17. The zero-order valence-electron chi connectivity index (χ0n) is 28.1. The molecule has 50 heavy (non-hydrogen) atoms. The quantitative estimate of drug-likeness (QED) is 0.195. The van der Waals surface area contributed by atoms with E-state index in [0.29, 0.717) is 36.5 Å². The van der Waals surface area contributed by atoms with Gasteiger partial charge in [-0.05, 0) is 49.8 Å². The van der Waals surface area contributed by atoms with Crippen molar-refractivity contribution in [1.29, 1.82) is 0 Å². The average Bonchev–Trinajstić information content (AvgIpc) is 3.95. The molecule has 2 fully saturated rings. The highest BCUT2D eigenvalue weighted by Crippen LogP contribution is 2.54. The number of nitrogens with zero attached hydrogens (tertiary/aromatic N) is 8. The first-order valence-electron chi connectivity index (χ1n) is 17.2. The molecule has 2 unspecified atom stereocenters. The summed E-state index contributed by atoms with van der Waals surface area (Å²) < 4.78 is 26.3. The van der Waals surface area contributed by atoms with Gasteiger partial charge in [-0.15, -0.1) is 3.97 Å². The topological polar surface area (TPSA) is 109 Å². The molecule has 0 N–H and O–H groups in total. The Labute approximate surface area is 293 Å². The average molecular weight is 687 g/mol. The normalized spacial score (nSPS) is 19.4. The van der Waals surface area contributed by atoms with Crippen molar-refractivity contribution in [3.8, 4) is 22.4 Å². The van der Waals surface area contributed by atoms with E-state index in [9.17, 15) is 9.35 Å². The first kappa shape index (κ1) is 31.1. The van der Waals surface area contributed by atoms with Crippen molar-refractivity contribution in [3.05, 3.63) is 97.2 Å². The lowest BCUT2D eigenvalue weighted by molar-refractivity contribution is -0.123. The number of fused-ring (bicyclic) bond motifs is 4. The van der Waals surface area contributed by atoms with E-state index < -0.39 is 16.8 Å². The van der Waals surface area contributed by atoms with Gasteiger partial charge in [0.2, 0.25) is 5.91 Å². The molecule has 12 heteroatoms. The van der Waals surface area contributed by atoms with Gasteiger partial charge in [0.25, 0.3) is 0 Å². The van der Waals surface area contributed by atoms with Crippen molar-refractivity contribution in [1.82, 2.24) is 28.5 Å². The minimum Gasteiger partial charge on any atom is -0.587 e. The number of carbonyl (C=O) groups is 1. The Morgan fingerprint density at radius 2 is 1.66 bits per heavy atom. The molecule has 1 spiro atoms. The lowest BCUT2D eigenvalue weighted by Gasteiger charge is -2.39. The molecule has 0 radical (unpaired) electrons. The van der Waals surface area contributed by atoms with Gasteiger partial charge in [-0.3, -0.25) is 9.48 Å². The molecule has 6 aromatic rings. The summed E-state index contributed by atoms with van der Waals surface area (Å²) in [5.74, 6) is 0.0756. The molecule has 0 aliphatic carbocycles. The zero-order chi connectivity index (χ0) is 34.0. The van der Waals surface area contributed by atoms with Gasteiger partial charge in [-0.2, -0.15) is 10.2 Å². The van der Waals surface area contributed by atoms with Gasteiger partial charge in [0, 0.05) is 62.1 Å². The SMILES string of the molecule is CN1C(=O)C2(CCN(c3cnn(C4CCCCO4)c3)CC2)c2c1cnc1c2c(-c2ccccc2)c(-c2cnn(C)c2)n1[S+]([O-])c1ccccc1.